The van der Waals surface area contributed by atoms with Gasteiger partial charge >= 0.3 is 17.9 Å². The summed E-state index contributed by atoms with van der Waals surface area (Å²) in [4.78, 5) is 34.8. The highest BCUT2D eigenvalue weighted by atomic mass is 16.6. The first-order chi connectivity index (χ1) is 8.97. The first kappa shape index (κ1) is 15.2. The zero-order valence-electron chi connectivity index (χ0n) is 10.9. The van der Waals surface area contributed by atoms with Crippen molar-refractivity contribution in [2.75, 3.05) is 6.61 Å². The lowest BCUT2D eigenvalue weighted by Crippen LogP contribution is -2.54. The van der Waals surface area contributed by atoms with Gasteiger partial charge in [-0.15, -0.1) is 0 Å². The molecule has 0 heterocycles. The Morgan fingerprint density at radius 2 is 2.11 bits per heavy atom. The van der Waals surface area contributed by atoms with Crippen molar-refractivity contribution in [3.05, 3.63) is 12.7 Å². The topological polar surface area (TPSA) is 89.9 Å². The molecule has 0 aromatic heterocycles. The summed E-state index contributed by atoms with van der Waals surface area (Å²) in [5.41, 5.74) is -1.73. The molecular formula is C13H18O6. The summed E-state index contributed by atoms with van der Waals surface area (Å²) in [6.07, 6.45) is 2.62. The molecule has 0 saturated heterocycles. The van der Waals surface area contributed by atoms with Crippen molar-refractivity contribution in [3.63, 3.8) is 0 Å². The Labute approximate surface area is 111 Å². The second kappa shape index (κ2) is 6.36. The highest BCUT2D eigenvalue weighted by Crippen LogP contribution is 2.38. The molecule has 0 aliphatic heterocycles. The van der Waals surface area contributed by atoms with Gasteiger partial charge in [-0.2, -0.15) is 0 Å². The van der Waals surface area contributed by atoms with Gasteiger partial charge in [0.2, 0.25) is 5.60 Å². The van der Waals surface area contributed by atoms with Crippen LogP contribution in [-0.4, -0.2) is 35.2 Å². The predicted octanol–water partition coefficient (Wildman–Crippen LogP) is 1.29. The minimum atomic E-state index is -1.73. The van der Waals surface area contributed by atoms with Crippen LogP contribution in [0.25, 0.3) is 0 Å². The average Bonchev–Trinajstić information content (AvgIpc) is 2.39. The Bertz CT molecular complexity index is 389. The minimum Gasteiger partial charge on any atom is -0.481 e. The van der Waals surface area contributed by atoms with Gasteiger partial charge in [0.15, 0.2) is 0 Å². The standard InChI is InChI=1S/C13H18O6/c1-3-10(14)19-13(12(17)18-4-2)8-6-5-7-9(13)11(15)16/h3,9H,1,4-8H2,2H3,(H,15,16). The molecular weight excluding hydrogens is 252 g/mol. The first-order valence-electron chi connectivity index (χ1n) is 6.23. The molecule has 1 fully saturated rings. The average molecular weight is 270 g/mol. The van der Waals surface area contributed by atoms with Crippen molar-refractivity contribution >= 4 is 17.9 Å². The molecule has 0 spiro atoms. The lowest BCUT2D eigenvalue weighted by atomic mass is 9.75. The molecule has 1 N–H and O–H groups in total. The van der Waals surface area contributed by atoms with Crippen molar-refractivity contribution in [3.8, 4) is 0 Å². The number of rotatable bonds is 5. The second-order valence-corrected chi connectivity index (χ2v) is 4.37. The Balaban J connectivity index is 3.13. The van der Waals surface area contributed by atoms with Gasteiger partial charge in [0.05, 0.1) is 6.61 Å². The molecule has 6 nitrogen and oxygen atoms in total. The number of aliphatic carboxylic acids is 1. The highest BCUT2D eigenvalue weighted by molar-refractivity contribution is 5.91. The van der Waals surface area contributed by atoms with E-state index in [0.717, 1.165) is 6.08 Å². The third-order valence-electron chi connectivity index (χ3n) is 3.22. The molecule has 0 aromatic carbocycles. The predicted molar refractivity (Wildman–Crippen MR) is 65.2 cm³/mol. The van der Waals surface area contributed by atoms with E-state index < -0.39 is 29.4 Å². The molecule has 106 valence electrons. The summed E-state index contributed by atoms with van der Waals surface area (Å²) >= 11 is 0. The fourth-order valence-corrected chi connectivity index (χ4v) is 2.35. The van der Waals surface area contributed by atoms with Crippen LogP contribution in [0.15, 0.2) is 12.7 Å². The van der Waals surface area contributed by atoms with Gasteiger partial charge < -0.3 is 14.6 Å². The van der Waals surface area contributed by atoms with Gasteiger partial charge in [0.1, 0.15) is 5.92 Å². The van der Waals surface area contributed by atoms with Gasteiger partial charge in [-0.1, -0.05) is 13.0 Å². The van der Waals surface area contributed by atoms with Crippen molar-refractivity contribution < 1.29 is 29.0 Å². The Morgan fingerprint density at radius 1 is 1.42 bits per heavy atom. The van der Waals surface area contributed by atoms with Gasteiger partial charge in [-0.3, -0.25) is 4.79 Å². The third kappa shape index (κ3) is 3.13. The fourth-order valence-electron chi connectivity index (χ4n) is 2.35. The molecule has 1 aliphatic rings. The number of ether oxygens (including phenoxy) is 2. The molecule has 6 heteroatoms. The van der Waals surface area contributed by atoms with E-state index in [4.69, 9.17) is 9.47 Å². The summed E-state index contributed by atoms with van der Waals surface area (Å²) < 4.78 is 10.0. The number of hydrogen-bond acceptors (Lipinski definition) is 5. The van der Waals surface area contributed by atoms with E-state index in [1.54, 1.807) is 6.92 Å². The molecule has 1 saturated carbocycles. The maximum atomic E-state index is 12.1. The van der Waals surface area contributed by atoms with Crippen molar-refractivity contribution in [2.24, 2.45) is 5.92 Å². The summed E-state index contributed by atoms with van der Waals surface area (Å²) in [5, 5.41) is 9.25. The summed E-state index contributed by atoms with van der Waals surface area (Å²) in [6, 6.07) is 0. The molecule has 1 aliphatic carbocycles. The van der Waals surface area contributed by atoms with Crippen LogP contribution in [0.2, 0.25) is 0 Å². The van der Waals surface area contributed by atoms with Crippen molar-refractivity contribution in [2.45, 2.75) is 38.2 Å². The van der Waals surface area contributed by atoms with Crippen LogP contribution in [-0.2, 0) is 23.9 Å². The van der Waals surface area contributed by atoms with E-state index in [9.17, 15) is 19.5 Å². The van der Waals surface area contributed by atoms with E-state index >= 15 is 0 Å². The smallest absolute Gasteiger partial charge is 0.351 e. The number of hydrogen-bond donors (Lipinski definition) is 1. The van der Waals surface area contributed by atoms with E-state index in [1.807, 2.05) is 0 Å². The van der Waals surface area contributed by atoms with E-state index in [1.165, 1.54) is 0 Å². The molecule has 2 atom stereocenters. The molecule has 0 bridgehead atoms. The third-order valence-corrected chi connectivity index (χ3v) is 3.22. The van der Waals surface area contributed by atoms with Crippen LogP contribution in [0, 0.1) is 5.92 Å². The molecule has 1 rings (SSSR count). The minimum absolute atomic E-state index is 0.0958. The Morgan fingerprint density at radius 3 is 2.63 bits per heavy atom. The van der Waals surface area contributed by atoms with E-state index in [2.05, 4.69) is 6.58 Å². The first-order valence-corrected chi connectivity index (χ1v) is 6.23. The molecule has 19 heavy (non-hydrogen) atoms. The number of carboxylic acids is 1. The molecule has 0 radical (unpaired) electrons. The Kier molecular flexibility index (Phi) is 5.09. The van der Waals surface area contributed by atoms with Crippen LogP contribution in [0.3, 0.4) is 0 Å². The van der Waals surface area contributed by atoms with Gasteiger partial charge in [0, 0.05) is 6.08 Å². The number of esters is 2. The zero-order valence-corrected chi connectivity index (χ0v) is 10.9. The molecule has 0 amide bonds. The number of carbonyl (C=O) groups is 3. The van der Waals surface area contributed by atoms with Crippen LogP contribution < -0.4 is 0 Å². The second-order valence-electron chi connectivity index (χ2n) is 4.37. The molecule has 2 unspecified atom stereocenters. The summed E-state index contributed by atoms with van der Waals surface area (Å²) in [5.74, 6) is -3.85. The van der Waals surface area contributed by atoms with Gasteiger partial charge in [-0.05, 0) is 26.2 Å². The number of carboxylic acid groups (broad SMARTS) is 1. The van der Waals surface area contributed by atoms with Crippen molar-refractivity contribution in [1.82, 2.24) is 0 Å². The summed E-state index contributed by atoms with van der Waals surface area (Å²) in [6.45, 7) is 4.96. The van der Waals surface area contributed by atoms with Crippen LogP contribution in [0.5, 0.6) is 0 Å². The quantitative estimate of drug-likeness (QED) is 0.598. The van der Waals surface area contributed by atoms with Gasteiger partial charge in [0.25, 0.3) is 0 Å². The fraction of sp³-hybridized carbons (Fsp3) is 0.615. The SMILES string of the molecule is C=CC(=O)OC1(C(=O)OCC)CCCCC1C(=O)O. The van der Waals surface area contributed by atoms with Crippen molar-refractivity contribution in [1.29, 1.82) is 0 Å². The van der Waals surface area contributed by atoms with E-state index in [-0.39, 0.29) is 19.4 Å². The molecule has 0 aromatic rings. The Hall–Kier alpha value is -1.85. The van der Waals surface area contributed by atoms with E-state index in [0.29, 0.717) is 12.8 Å². The lowest BCUT2D eigenvalue weighted by molar-refractivity contribution is -0.196. The largest absolute Gasteiger partial charge is 0.481 e. The lowest BCUT2D eigenvalue weighted by Gasteiger charge is -2.38. The monoisotopic (exact) mass is 270 g/mol. The van der Waals surface area contributed by atoms with Crippen LogP contribution in [0.1, 0.15) is 32.6 Å². The van der Waals surface area contributed by atoms with Crippen LogP contribution >= 0.6 is 0 Å². The van der Waals surface area contributed by atoms with Crippen LogP contribution in [0.4, 0.5) is 0 Å². The van der Waals surface area contributed by atoms with Gasteiger partial charge in [-0.25, -0.2) is 9.59 Å². The maximum absolute atomic E-state index is 12.1. The summed E-state index contributed by atoms with van der Waals surface area (Å²) in [7, 11) is 0. The zero-order chi connectivity index (χ0) is 14.5. The normalized spacial score (nSPS) is 26.3. The highest BCUT2D eigenvalue weighted by Gasteiger charge is 2.55. The number of carbonyl (C=O) groups excluding carboxylic acids is 2. The maximum Gasteiger partial charge on any atom is 0.351 e.